The maximum Gasteiger partial charge on any atom is 0.285 e. The van der Waals surface area contributed by atoms with Gasteiger partial charge in [0, 0.05) is 11.1 Å². The molecule has 0 aliphatic carbocycles. The molecular weight excluding hydrogens is 396 g/mol. The van der Waals surface area contributed by atoms with Gasteiger partial charge < -0.3 is 9.47 Å². The van der Waals surface area contributed by atoms with Crippen molar-refractivity contribution in [1.29, 1.82) is 0 Å². The fourth-order valence-electron chi connectivity index (χ4n) is 2.57. The van der Waals surface area contributed by atoms with Gasteiger partial charge in [-0.05, 0) is 43.4 Å². The molecule has 144 valence electrons. The van der Waals surface area contributed by atoms with Gasteiger partial charge in [0.1, 0.15) is 0 Å². The van der Waals surface area contributed by atoms with Gasteiger partial charge in [-0.1, -0.05) is 42.1 Å². The molecule has 3 rings (SSSR count). The number of ether oxygens (including phenoxy) is 2. The van der Waals surface area contributed by atoms with Crippen LogP contribution in [0.2, 0.25) is 0 Å². The zero-order valence-corrected chi connectivity index (χ0v) is 16.9. The number of amides is 2. The molecule has 1 heterocycles. The van der Waals surface area contributed by atoms with Crippen molar-refractivity contribution in [2.45, 2.75) is 6.92 Å². The SMILES string of the molecule is CCOc1c(/C=C2/SC(=S)N(NC(=O)c3ccccc3)C2=O)cccc1OC. The third kappa shape index (κ3) is 4.18. The van der Waals surface area contributed by atoms with E-state index in [0.29, 0.717) is 34.1 Å². The van der Waals surface area contributed by atoms with Crippen molar-refractivity contribution in [2.75, 3.05) is 13.7 Å². The van der Waals surface area contributed by atoms with Crippen molar-refractivity contribution < 1.29 is 19.1 Å². The fourth-order valence-corrected chi connectivity index (χ4v) is 3.74. The highest BCUT2D eigenvalue weighted by atomic mass is 32.2. The highest BCUT2D eigenvalue weighted by Crippen LogP contribution is 2.37. The molecular formula is C20H18N2O4S2. The number of methoxy groups -OCH3 is 1. The molecule has 0 unspecified atom stereocenters. The predicted octanol–water partition coefficient (Wildman–Crippen LogP) is 3.64. The van der Waals surface area contributed by atoms with Gasteiger partial charge in [-0.25, -0.2) is 0 Å². The third-order valence-corrected chi connectivity index (χ3v) is 5.15. The number of nitrogens with zero attached hydrogens (tertiary/aromatic N) is 1. The highest BCUT2D eigenvalue weighted by Gasteiger charge is 2.34. The summed E-state index contributed by atoms with van der Waals surface area (Å²) in [5.74, 6) is 0.314. The van der Waals surface area contributed by atoms with Crippen LogP contribution in [0.4, 0.5) is 0 Å². The van der Waals surface area contributed by atoms with Gasteiger partial charge in [0.05, 0.1) is 18.6 Å². The van der Waals surface area contributed by atoms with E-state index in [0.717, 1.165) is 16.8 Å². The second kappa shape index (κ2) is 8.90. The van der Waals surface area contributed by atoms with Crippen molar-refractivity contribution in [2.24, 2.45) is 0 Å². The molecule has 0 atom stereocenters. The summed E-state index contributed by atoms with van der Waals surface area (Å²) in [6, 6.07) is 14.0. The minimum Gasteiger partial charge on any atom is -0.493 e. The number of hydrazine groups is 1. The van der Waals surface area contributed by atoms with Crippen molar-refractivity contribution in [1.82, 2.24) is 10.4 Å². The number of para-hydroxylation sites is 1. The molecule has 1 saturated heterocycles. The maximum atomic E-state index is 12.8. The van der Waals surface area contributed by atoms with Crippen LogP contribution in [0, 0.1) is 0 Å². The topological polar surface area (TPSA) is 67.9 Å². The number of hydrogen-bond donors (Lipinski definition) is 1. The summed E-state index contributed by atoms with van der Waals surface area (Å²) in [7, 11) is 1.56. The molecule has 0 spiro atoms. The molecule has 2 aromatic carbocycles. The second-order valence-electron chi connectivity index (χ2n) is 5.64. The minimum absolute atomic E-state index is 0.251. The monoisotopic (exact) mass is 414 g/mol. The summed E-state index contributed by atoms with van der Waals surface area (Å²) >= 11 is 6.38. The van der Waals surface area contributed by atoms with E-state index >= 15 is 0 Å². The van der Waals surface area contributed by atoms with E-state index in [-0.39, 0.29) is 4.32 Å². The van der Waals surface area contributed by atoms with Gasteiger partial charge in [0.2, 0.25) is 0 Å². The molecule has 1 aliphatic rings. The minimum atomic E-state index is -0.408. The van der Waals surface area contributed by atoms with Gasteiger partial charge in [0.15, 0.2) is 15.8 Å². The van der Waals surface area contributed by atoms with Crippen LogP contribution in [-0.2, 0) is 4.79 Å². The van der Waals surface area contributed by atoms with Crippen LogP contribution in [0.15, 0.2) is 53.4 Å². The van der Waals surface area contributed by atoms with Crippen molar-refractivity contribution >= 4 is 46.2 Å². The molecule has 8 heteroatoms. The Hall–Kier alpha value is -2.84. The lowest BCUT2D eigenvalue weighted by molar-refractivity contribution is -0.123. The largest absolute Gasteiger partial charge is 0.493 e. The summed E-state index contributed by atoms with van der Waals surface area (Å²) in [6.45, 7) is 2.32. The number of carbonyl (C=O) groups is 2. The van der Waals surface area contributed by atoms with Crippen LogP contribution in [0.5, 0.6) is 11.5 Å². The molecule has 0 bridgehead atoms. The molecule has 2 aromatic rings. The van der Waals surface area contributed by atoms with Crippen LogP contribution in [0.3, 0.4) is 0 Å². The number of rotatable bonds is 6. The van der Waals surface area contributed by atoms with Crippen LogP contribution in [0.1, 0.15) is 22.8 Å². The molecule has 0 aromatic heterocycles. The standard InChI is InChI=1S/C20H18N2O4S2/c1-3-26-17-14(10-7-11-15(17)25-2)12-16-19(24)22(20(27)28-16)21-18(23)13-8-5-4-6-9-13/h4-12H,3H2,1-2H3,(H,21,23)/b16-12+. The van der Waals surface area contributed by atoms with Gasteiger partial charge in [0.25, 0.3) is 11.8 Å². The number of carbonyl (C=O) groups excluding carboxylic acids is 2. The Morgan fingerprint density at radius 3 is 2.64 bits per heavy atom. The van der Waals surface area contributed by atoms with E-state index in [1.165, 1.54) is 0 Å². The number of hydrogen-bond acceptors (Lipinski definition) is 6. The van der Waals surface area contributed by atoms with E-state index in [2.05, 4.69) is 5.43 Å². The zero-order valence-electron chi connectivity index (χ0n) is 15.3. The average molecular weight is 415 g/mol. The quantitative estimate of drug-likeness (QED) is 0.575. The Labute approximate surface area is 172 Å². The first-order chi connectivity index (χ1) is 13.5. The molecule has 6 nitrogen and oxygen atoms in total. The number of nitrogens with one attached hydrogen (secondary N) is 1. The van der Waals surface area contributed by atoms with Gasteiger partial charge in [-0.15, -0.1) is 0 Å². The summed E-state index contributed by atoms with van der Waals surface area (Å²) in [5, 5.41) is 1.09. The lowest BCUT2D eigenvalue weighted by atomic mass is 10.1. The molecule has 1 aliphatic heterocycles. The highest BCUT2D eigenvalue weighted by molar-refractivity contribution is 8.26. The summed E-state index contributed by atoms with van der Waals surface area (Å²) in [6.07, 6.45) is 1.68. The summed E-state index contributed by atoms with van der Waals surface area (Å²) in [4.78, 5) is 25.5. The van der Waals surface area contributed by atoms with E-state index < -0.39 is 11.8 Å². The molecule has 0 saturated carbocycles. The Balaban J connectivity index is 1.85. The first kappa shape index (κ1) is 19.9. The molecule has 2 amide bonds. The second-order valence-corrected chi connectivity index (χ2v) is 7.31. The predicted molar refractivity (Wildman–Crippen MR) is 113 cm³/mol. The third-order valence-electron chi connectivity index (χ3n) is 3.85. The van der Waals surface area contributed by atoms with Crippen LogP contribution in [0.25, 0.3) is 6.08 Å². The summed E-state index contributed by atoms with van der Waals surface area (Å²) < 4.78 is 11.3. The first-order valence-corrected chi connectivity index (χ1v) is 9.71. The van der Waals surface area contributed by atoms with E-state index in [1.54, 1.807) is 43.5 Å². The Morgan fingerprint density at radius 2 is 1.96 bits per heavy atom. The van der Waals surface area contributed by atoms with Crippen LogP contribution in [-0.4, -0.2) is 34.9 Å². The Kier molecular flexibility index (Phi) is 6.33. The normalized spacial score (nSPS) is 15.1. The van der Waals surface area contributed by atoms with E-state index in [1.807, 2.05) is 25.1 Å². The smallest absolute Gasteiger partial charge is 0.285 e. The van der Waals surface area contributed by atoms with Crippen molar-refractivity contribution in [3.8, 4) is 11.5 Å². The maximum absolute atomic E-state index is 12.8. The zero-order chi connectivity index (χ0) is 20.1. The van der Waals surface area contributed by atoms with Crippen LogP contribution < -0.4 is 14.9 Å². The fraction of sp³-hybridized carbons (Fsp3) is 0.150. The molecule has 28 heavy (non-hydrogen) atoms. The van der Waals surface area contributed by atoms with Crippen LogP contribution >= 0.6 is 24.0 Å². The lowest BCUT2D eigenvalue weighted by Gasteiger charge is -2.15. The first-order valence-electron chi connectivity index (χ1n) is 8.49. The van der Waals surface area contributed by atoms with Crippen molar-refractivity contribution in [3.05, 3.63) is 64.6 Å². The Morgan fingerprint density at radius 1 is 1.21 bits per heavy atom. The Bertz CT molecular complexity index is 944. The van der Waals surface area contributed by atoms with Crippen molar-refractivity contribution in [3.63, 3.8) is 0 Å². The lowest BCUT2D eigenvalue weighted by Crippen LogP contribution is -2.44. The number of benzene rings is 2. The van der Waals surface area contributed by atoms with Gasteiger partial charge >= 0.3 is 0 Å². The van der Waals surface area contributed by atoms with Gasteiger partial charge in [-0.2, -0.15) is 5.01 Å². The average Bonchev–Trinajstić information content (AvgIpc) is 2.97. The van der Waals surface area contributed by atoms with Gasteiger partial charge in [-0.3, -0.25) is 15.0 Å². The van der Waals surface area contributed by atoms with E-state index in [9.17, 15) is 9.59 Å². The summed E-state index contributed by atoms with van der Waals surface area (Å²) in [5.41, 5.74) is 3.69. The molecule has 0 radical (unpaired) electrons. The number of thiocarbonyl (C=S) groups is 1. The number of thioether (sulfide) groups is 1. The molecule has 1 fully saturated rings. The van der Waals surface area contributed by atoms with E-state index in [4.69, 9.17) is 21.7 Å². The molecule has 1 N–H and O–H groups in total.